The van der Waals surface area contributed by atoms with Crippen molar-refractivity contribution >= 4 is 5.97 Å². The third-order valence-corrected chi connectivity index (χ3v) is 2.11. The zero-order valence-corrected chi connectivity index (χ0v) is 8.42. The molecule has 0 spiro atoms. The molecule has 13 heavy (non-hydrogen) atoms. The van der Waals surface area contributed by atoms with Crippen LogP contribution in [-0.2, 0) is 11.3 Å². The first-order valence-corrected chi connectivity index (χ1v) is 4.24. The number of esters is 1. The van der Waals surface area contributed by atoms with E-state index in [9.17, 15) is 4.79 Å². The van der Waals surface area contributed by atoms with Crippen LogP contribution in [0.2, 0.25) is 0 Å². The second-order valence-electron chi connectivity index (χ2n) is 2.87. The molecule has 1 heterocycles. The summed E-state index contributed by atoms with van der Waals surface area (Å²) in [5.41, 5.74) is 2.33. The molecule has 0 fully saturated rings. The van der Waals surface area contributed by atoms with E-state index < -0.39 is 0 Å². The van der Waals surface area contributed by atoms with Crippen LogP contribution in [0.4, 0.5) is 0 Å². The molecule has 4 heteroatoms. The number of carbonyl (C=O) groups is 1. The van der Waals surface area contributed by atoms with E-state index in [1.54, 1.807) is 4.68 Å². The van der Waals surface area contributed by atoms with Crippen LogP contribution in [0.5, 0.6) is 0 Å². The molecule has 0 aromatic carbocycles. The summed E-state index contributed by atoms with van der Waals surface area (Å²) >= 11 is 0. The van der Waals surface area contributed by atoms with Gasteiger partial charge in [0.15, 0.2) is 0 Å². The molecule has 0 unspecified atom stereocenters. The molecule has 0 saturated heterocycles. The van der Waals surface area contributed by atoms with Gasteiger partial charge in [0.05, 0.1) is 12.8 Å². The fourth-order valence-electron chi connectivity index (χ4n) is 1.25. The number of rotatable bonds is 2. The lowest BCUT2D eigenvalue weighted by molar-refractivity contribution is 0.0586. The Bertz CT molecular complexity index is 329. The highest BCUT2D eigenvalue weighted by Gasteiger charge is 2.17. The molecule has 0 atom stereocenters. The average Bonchev–Trinajstić information content (AvgIpc) is 2.42. The molecule has 0 amide bonds. The van der Waals surface area contributed by atoms with Crippen molar-refractivity contribution in [3.8, 4) is 0 Å². The Labute approximate surface area is 77.5 Å². The van der Waals surface area contributed by atoms with Crippen molar-refractivity contribution in [1.29, 1.82) is 0 Å². The first kappa shape index (κ1) is 9.77. The number of ether oxygens (including phenoxy) is 1. The molecule has 72 valence electrons. The van der Waals surface area contributed by atoms with Gasteiger partial charge in [-0.15, -0.1) is 0 Å². The Balaban J connectivity index is 3.23. The molecule has 1 rings (SSSR count). The first-order chi connectivity index (χ1) is 6.11. The predicted octanol–water partition coefficient (Wildman–Crippen LogP) is 1.31. The second-order valence-corrected chi connectivity index (χ2v) is 2.87. The summed E-state index contributed by atoms with van der Waals surface area (Å²) in [5, 5.41) is 4.21. The van der Waals surface area contributed by atoms with E-state index in [1.807, 2.05) is 20.8 Å². The Morgan fingerprint density at radius 1 is 1.54 bits per heavy atom. The van der Waals surface area contributed by atoms with E-state index in [-0.39, 0.29) is 5.97 Å². The van der Waals surface area contributed by atoms with Crippen LogP contribution in [0.3, 0.4) is 0 Å². The summed E-state index contributed by atoms with van der Waals surface area (Å²) in [5.74, 6) is -0.319. The minimum Gasteiger partial charge on any atom is -0.464 e. The third-order valence-electron chi connectivity index (χ3n) is 2.11. The molecule has 0 N–H and O–H groups in total. The molecule has 0 radical (unpaired) electrons. The lowest BCUT2D eigenvalue weighted by Gasteiger charge is -2.02. The smallest absolute Gasteiger partial charge is 0.356 e. The molecule has 0 aliphatic heterocycles. The van der Waals surface area contributed by atoms with Crippen LogP contribution in [0.15, 0.2) is 0 Å². The van der Waals surface area contributed by atoms with E-state index in [4.69, 9.17) is 0 Å². The second kappa shape index (κ2) is 3.60. The van der Waals surface area contributed by atoms with E-state index in [0.29, 0.717) is 12.2 Å². The van der Waals surface area contributed by atoms with Crippen molar-refractivity contribution in [3.63, 3.8) is 0 Å². The van der Waals surface area contributed by atoms with E-state index in [1.165, 1.54) is 7.11 Å². The van der Waals surface area contributed by atoms with E-state index in [2.05, 4.69) is 9.84 Å². The van der Waals surface area contributed by atoms with Gasteiger partial charge in [-0.2, -0.15) is 5.10 Å². The number of carbonyl (C=O) groups excluding carboxylic acids is 1. The summed E-state index contributed by atoms with van der Waals surface area (Å²) in [6.07, 6.45) is 0. The van der Waals surface area contributed by atoms with Gasteiger partial charge in [0.1, 0.15) is 5.69 Å². The fraction of sp³-hybridized carbons (Fsp3) is 0.556. The van der Waals surface area contributed by atoms with Gasteiger partial charge in [0, 0.05) is 12.1 Å². The topological polar surface area (TPSA) is 44.1 Å². The van der Waals surface area contributed by atoms with Gasteiger partial charge in [-0.05, 0) is 20.8 Å². The Morgan fingerprint density at radius 3 is 2.62 bits per heavy atom. The van der Waals surface area contributed by atoms with Gasteiger partial charge >= 0.3 is 5.97 Å². The maximum Gasteiger partial charge on any atom is 0.356 e. The predicted molar refractivity (Wildman–Crippen MR) is 48.7 cm³/mol. The standard InChI is InChI=1S/C9H14N2O2/c1-5-11-8(9(12)13-4)6(2)7(3)10-11/h5H2,1-4H3. The van der Waals surface area contributed by atoms with Crippen molar-refractivity contribution in [2.45, 2.75) is 27.3 Å². The van der Waals surface area contributed by atoms with Crippen LogP contribution in [0.25, 0.3) is 0 Å². The highest BCUT2D eigenvalue weighted by atomic mass is 16.5. The molecule has 0 bridgehead atoms. The minimum atomic E-state index is -0.319. The van der Waals surface area contributed by atoms with Crippen molar-refractivity contribution in [2.75, 3.05) is 7.11 Å². The number of aryl methyl sites for hydroxylation is 2. The van der Waals surface area contributed by atoms with Crippen LogP contribution in [0, 0.1) is 13.8 Å². The maximum absolute atomic E-state index is 11.3. The van der Waals surface area contributed by atoms with Gasteiger partial charge in [-0.1, -0.05) is 0 Å². The zero-order chi connectivity index (χ0) is 10.0. The number of hydrogen-bond acceptors (Lipinski definition) is 3. The zero-order valence-electron chi connectivity index (χ0n) is 8.42. The Hall–Kier alpha value is -1.32. The minimum absolute atomic E-state index is 0.319. The summed E-state index contributed by atoms with van der Waals surface area (Å²) in [4.78, 5) is 11.3. The average molecular weight is 182 g/mol. The number of aromatic nitrogens is 2. The molecule has 0 saturated carbocycles. The number of hydrogen-bond donors (Lipinski definition) is 0. The van der Waals surface area contributed by atoms with Gasteiger partial charge in [-0.3, -0.25) is 4.68 Å². The first-order valence-electron chi connectivity index (χ1n) is 4.24. The molecule has 0 aliphatic rings. The quantitative estimate of drug-likeness (QED) is 0.648. The van der Waals surface area contributed by atoms with Crippen LogP contribution in [0.1, 0.15) is 28.7 Å². The summed E-state index contributed by atoms with van der Waals surface area (Å²) in [6.45, 7) is 6.38. The van der Waals surface area contributed by atoms with Crippen LogP contribution in [-0.4, -0.2) is 22.9 Å². The van der Waals surface area contributed by atoms with Crippen molar-refractivity contribution in [2.24, 2.45) is 0 Å². The van der Waals surface area contributed by atoms with E-state index >= 15 is 0 Å². The fourth-order valence-corrected chi connectivity index (χ4v) is 1.25. The van der Waals surface area contributed by atoms with Crippen LogP contribution < -0.4 is 0 Å². The SMILES string of the molecule is CCn1nc(C)c(C)c1C(=O)OC. The molecular weight excluding hydrogens is 168 g/mol. The molecule has 1 aromatic heterocycles. The van der Waals surface area contributed by atoms with Gasteiger partial charge in [0.25, 0.3) is 0 Å². The summed E-state index contributed by atoms with van der Waals surface area (Å²) in [7, 11) is 1.38. The highest BCUT2D eigenvalue weighted by Crippen LogP contribution is 2.13. The number of methoxy groups -OCH3 is 1. The van der Waals surface area contributed by atoms with Crippen LogP contribution >= 0.6 is 0 Å². The largest absolute Gasteiger partial charge is 0.464 e. The number of nitrogens with zero attached hydrogens (tertiary/aromatic N) is 2. The van der Waals surface area contributed by atoms with Gasteiger partial charge < -0.3 is 4.74 Å². The Kier molecular flexibility index (Phi) is 2.70. The lowest BCUT2D eigenvalue weighted by Crippen LogP contribution is -2.11. The molecular formula is C9H14N2O2. The molecule has 1 aromatic rings. The van der Waals surface area contributed by atoms with Crippen molar-refractivity contribution < 1.29 is 9.53 Å². The highest BCUT2D eigenvalue weighted by molar-refractivity contribution is 5.89. The monoisotopic (exact) mass is 182 g/mol. The van der Waals surface area contributed by atoms with Gasteiger partial charge in [0.2, 0.25) is 0 Å². The summed E-state index contributed by atoms with van der Waals surface area (Å²) < 4.78 is 6.34. The summed E-state index contributed by atoms with van der Waals surface area (Å²) in [6, 6.07) is 0. The normalized spacial score (nSPS) is 10.2. The van der Waals surface area contributed by atoms with E-state index in [0.717, 1.165) is 11.3 Å². The van der Waals surface area contributed by atoms with Crippen molar-refractivity contribution in [1.82, 2.24) is 9.78 Å². The third kappa shape index (κ3) is 1.56. The lowest BCUT2D eigenvalue weighted by atomic mass is 10.2. The molecule has 4 nitrogen and oxygen atoms in total. The maximum atomic E-state index is 11.3. The molecule has 0 aliphatic carbocycles. The Morgan fingerprint density at radius 2 is 2.15 bits per heavy atom. The van der Waals surface area contributed by atoms with Gasteiger partial charge in [-0.25, -0.2) is 4.79 Å². The van der Waals surface area contributed by atoms with Crippen molar-refractivity contribution in [3.05, 3.63) is 17.0 Å².